The zero-order valence-corrected chi connectivity index (χ0v) is 17.5. The average Bonchev–Trinajstić information content (AvgIpc) is 2.99. The van der Waals surface area contributed by atoms with Crippen molar-refractivity contribution in [1.29, 1.82) is 0 Å². The number of aliphatic hydroxyl groups excluding tert-OH is 1. The van der Waals surface area contributed by atoms with Crippen molar-refractivity contribution in [2.75, 3.05) is 6.61 Å². The Morgan fingerprint density at radius 2 is 1.75 bits per heavy atom. The molecule has 2 aromatic carbocycles. The van der Waals surface area contributed by atoms with Crippen LogP contribution in [0.15, 0.2) is 48.5 Å². The number of hydrogen-bond donors (Lipinski definition) is 1. The molecular weight excluding hydrogens is 350 g/mol. The maximum absolute atomic E-state index is 11.5. The number of carbonyl (C=O) groups is 1. The molecule has 4 nitrogen and oxygen atoms in total. The van der Waals surface area contributed by atoms with Crippen molar-refractivity contribution in [1.82, 2.24) is 4.57 Å². The molecule has 150 valence electrons. The second-order valence-corrected chi connectivity index (χ2v) is 6.97. The molecule has 0 aliphatic heterocycles. The highest BCUT2D eigenvalue weighted by Gasteiger charge is 2.17. The molecule has 0 saturated heterocycles. The van der Waals surface area contributed by atoms with Gasteiger partial charge in [0.05, 0.1) is 12.1 Å². The zero-order valence-electron chi connectivity index (χ0n) is 17.5. The molecule has 3 rings (SSSR count). The number of aliphatic hydroxyl groups is 1. The number of carbonyl (C=O) groups excluding carboxylic acids is 1. The Labute approximate surface area is 167 Å². The van der Waals surface area contributed by atoms with Gasteiger partial charge in [0.25, 0.3) is 0 Å². The van der Waals surface area contributed by atoms with Crippen LogP contribution in [0.5, 0.6) is 5.75 Å². The van der Waals surface area contributed by atoms with Crippen LogP contribution >= 0.6 is 0 Å². The summed E-state index contributed by atoms with van der Waals surface area (Å²) in [4.78, 5) is 11.5. The summed E-state index contributed by atoms with van der Waals surface area (Å²) in [5, 5.41) is 11.9. The second-order valence-electron chi connectivity index (χ2n) is 6.97. The third-order valence-corrected chi connectivity index (χ3v) is 4.34. The van der Waals surface area contributed by atoms with E-state index in [9.17, 15) is 9.90 Å². The Hall–Kier alpha value is -2.59. The van der Waals surface area contributed by atoms with Gasteiger partial charge in [0.1, 0.15) is 11.5 Å². The summed E-state index contributed by atoms with van der Waals surface area (Å²) in [5.74, 6) is 0.918. The van der Waals surface area contributed by atoms with E-state index in [0.29, 0.717) is 13.0 Å². The van der Waals surface area contributed by atoms with E-state index in [4.69, 9.17) is 4.74 Å². The Kier molecular flexibility index (Phi) is 7.82. The predicted octanol–water partition coefficient (Wildman–Crippen LogP) is 5.44. The van der Waals surface area contributed by atoms with E-state index in [2.05, 4.69) is 13.8 Å². The van der Waals surface area contributed by atoms with Crippen LogP contribution < -0.4 is 4.74 Å². The van der Waals surface area contributed by atoms with Gasteiger partial charge in [-0.2, -0.15) is 0 Å². The fourth-order valence-electron chi connectivity index (χ4n) is 3.24. The van der Waals surface area contributed by atoms with E-state index in [-0.39, 0.29) is 5.78 Å². The molecule has 0 amide bonds. The largest absolute Gasteiger partial charge is 0.494 e. The van der Waals surface area contributed by atoms with E-state index in [1.54, 1.807) is 6.92 Å². The summed E-state index contributed by atoms with van der Waals surface area (Å²) in [5.41, 5.74) is 3.66. The Bertz CT molecular complexity index is 909. The first kappa shape index (κ1) is 21.7. The van der Waals surface area contributed by atoms with Gasteiger partial charge < -0.3 is 14.4 Å². The summed E-state index contributed by atoms with van der Waals surface area (Å²) >= 11 is 0. The summed E-state index contributed by atoms with van der Waals surface area (Å²) in [6, 6.07) is 15.4. The minimum atomic E-state index is -0.791. The molecule has 1 heterocycles. The molecule has 28 heavy (non-hydrogen) atoms. The molecule has 0 spiro atoms. The number of rotatable bonds is 6. The highest BCUT2D eigenvalue weighted by molar-refractivity contribution is 5.89. The monoisotopic (exact) mass is 381 g/mol. The number of ketones is 1. The van der Waals surface area contributed by atoms with Gasteiger partial charge in [-0.3, -0.25) is 4.79 Å². The van der Waals surface area contributed by atoms with Crippen LogP contribution in [0, 0.1) is 6.92 Å². The lowest BCUT2D eigenvalue weighted by atomic mass is 10.1. The number of ether oxygens (including phenoxy) is 1. The van der Waals surface area contributed by atoms with Crippen molar-refractivity contribution in [2.24, 2.45) is 0 Å². The summed E-state index contributed by atoms with van der Waals surface area (Å²) in [6.45, 7) is 10.4. The number of fused-ring (bicyclic) bond motifs is 1. The molecular formula is C24H31NO3. The maximum Gasteiger partial charge on any atom is 0.157 e. The zero-order chi connectivity index (χ0) is 20.7. The molecule has 1 atom stereocenters. The number of aromatic nitrogens is 1. The summed E-state index contributed by atoms with van der Waals surface area (Å²) < 4.78 is 7.36. The lowest BCUT2D eigenvalue weighted by Crippen LogP contribution is -2.11. The van der Waals surface area contributed by atoms with E-state index in [1.165, 1.54) is 6.42 Å². The molecule has 0 radical (unpaired) electrons. The number of benzene rings is 2. The SMILES string of the molecule is CCC.CCOc1ccc(C(O)n2c(C)cc3c(CC(C)=O)cccc32)cc1. The third kappa shape index (κ3) is 5.02. The van der Waals surface area contributed by atoms with Crippen molar-refractivity contribution < 1.29 is 14.6 Å². The first-order valence-corrected chi connectivity index (χ1v) is 9.92. The van der Waals surface area contributed by atoms with Gasteiger partial charge in [-0.25, -0.2) is 0 Å². The van der Waals surface area contributed by atoms with Crippen LogP contribution in [0.4, 0.5) is 0 Å². The Morgan fingerprint density at radius 3 is 2.32 bits per heavy atom. The van der Waals surface area contributed by atoms with Crippen LogP contribution in [0.2, 0.25) is 0 Å². The van der Waals surface area contributed by atoms with Crippen molar-refractivity contribution in [3.8, 4) is 5.75 Å². The first-order valence-electron chi connectivity index (χ1n) is 9.92. The summed E-state index contributed by atoms with van der Waals surface area (Å²) in [6.07, 6.45) is 0.862. The minimum Gasteiger partial charge on any atom is -0.494 e. The smallest absolute Gasteiger partial charge is 0.157 e. The molecule has 4 heteroatoms. The average molecular weight is 382 g/mol. The van der Waals surface area contributed by atoms with Gasteiger partial charge in [0, 0.05) is 23.1 Å². The Morgan fingerprint density at radius 1 is 1.11 bits per heavy atom. The second kappa shape index (κ2) is 10.1. The molecule has 0 aliphatic rings. The highest BCUT2D eigenvalue weighted by atomic mass is 16.5. The normalized spacial score (nSPS) is 11.6. The van der Waals surface area contributed by atoms with Gasteiger partial charge in [-0.1, -0.05) is 44.5 Å². The van der Waals surface area contributed by atoms with Gasteiger partial charge >= 0.3 is 0 Å². The minimum absolute atomic E-state index is 0.130. The fourth-order valence-corrected chi connectivity index (χ4v) is 3.24. The number of nitrogens with zero attached hydrogens (tertiary/aromatic N) is 1. The van der Waals surface area contributed by atoms with E-state index < -0.39 is 6.23 Å². The van der Waals surface area contributed by atoms with E-state index in [0.717, 1.165) is 33.5 Å². The molecule has 1 N–H and O–H groups in total. The van der Waals surface area contributed by atoms with Gasteiger partial charge in [-0.05, 0) is 50.6 Å². The predicted molar refractivity (Wildman–Crippen MR) is 115 cm³/mol. The summed E-state index contributed by atoms with van der Waals surface area (Å²) in [7, 11) is 0. The number of Topliss-reactive ketones (excluding diaryl/α,β-unsaturated/α-hetero) is 1. The maximum atomic E-state index is 11.5. The van der Waals surface area contributed by atoms with Crippen LogP contribution in [0.1, 0.15) is 57.2 Å². The highest BCUT2D eigenvalue weighted by Crippen LogP contribution is 2.29. The fraction of sp³-hybridized carbons (Fsp3) is 0.375. The molecule has 1 unspecified atom stereocenters. The van der Waals surface area contributed by atoms with Crippen molar-refractivity contribution in [3.63, 3.8) is 0 Å². The van der Waals surface area contributed by atoms with Gasteiger partial charge in [0.2, 0.25) is 0 Å². The molecule has 0 saturated carbocycles. The van der Waals surface area contributed by atoms with E-state index in [1.807, 2.05) is 66.9 Å². The van der Waals surface area contributed by atoms with Gasteiger partial charge in [-0.15, -0.1) is 0 Å². The molecule has 0 bridgehead atoms. The molecule has 0 aliphatic carbocycles. The van der Waals surface area contributed by atoms with Crippen molar-refractivity contribution >= 4 is 16.7 Å². The third-order valence-electron chi connectivity index (χ3n) is 4.34. The molecule has 1 aromatic heterocycles. The van der Waals surface area contributed by atoms with E-state index >= 15 is 0 Å². The standard InChI is InChI=1S/C21H23NO3.C3H8/c1-4-25-18-10-8-16(9-11-18)21(24)22-14(2)12-19-17(13-15(3)23)6-5-7-20(19)22;1-3-2/h5-12,21,24H,4,13H2,1-3H3;3H2,1-2H3. The van der Waals surface area contributed by atoms with Crippen LogP contribution in [-0.2, 0) is 11.2 Å². The number of aryl methyl sites for hydroxylation is 1. The van der Waals surface area contributed by atoms with Crippen molar-refractivity contribution in [2.45, 2.75) is 53.7 Å². The van der Waals surface area contributed by atoms with Gasteiger partial charge in [0.15, 0.2) is 6.23 Å². The molecule has 0 fully saturated rings. The topological polar surface area (TPSA) is 51.5 Å². The van der Waals surface area contributed by atoms with Crippen LogP contribution in [0.25, 0.3) is 10.9 Å². The van der Waals surface area contributed by atoms with Crippen LogP contribution in [-0.4, -0.2) is 22.1 Å². The quantitative estimate of drug-likeness (QED) is 0.619. The first-order chi connectivity index (χ1) is 13.4. The van der Waals surface area contributed by atoms with Crippen LogP contribution in [0.3, 0.4) is 0 Å². The lowest BCUT2D eigenvalue weighted by Gasteiger charge is -2.17. The Balaban J connectivity index is 0.000000878. The van der Waals surface area contributed by atoms with Crippen molar-refractivity contribution in [3.05, 3.63) is 65.4 Å². The lowest BCUT2D eigenvalue weighted by molar-refractivity contribution is -0.116. The number of hydrogen-bond acceptors (Lipinski definition) is 3. The molecule has 3 aromatic rings.